The van der Waals surface area contributed by atoms with Crippen molar-refractivity contribution < 1.29 is 14.3 Å². The van der Waals surface area contributed by atoms with Crippen molar-refractivity contribution in [2.75, 3.05) is 13.2 Å². The number of ether oxygens (including phenoxy) is 2. The summed E-state index contributed by atoms with van der Waals surface area (Å²) in [7, 11) is 0. The summed E-state index contributed by atoms with van der Waals surface area (Å²) in [5, 5.41) is 4.02. The van der Waals surface area contributed by atoms with Crippen LogP contribution in [0.2, 0.25) is 0 Å². The van der Waals surface area contributed by atoms with Crippen LogP contribution in [0.15, 0.2) is 46.0 Å². The van der Waals surface area contributed by atoms with Crippen LogP contribution in [0.3, 0.4) is 0 Å². The van der Waals surface area contributed by atoms with Gasteiger partial charge in [0, 0.05) is 4.47 Å². The molecule has 26 heavy (non-hydrogen) atoms. The highest BCUT2D eigenvalue weighted by atomic mass is 127. The number of terminal acetylenes is 1. The van der Waals surface area contributed by atoms with E-state index in [1.807, 2.05) is 19.1 Å². The van der Waals surface area contributed by atoms with Gasteiger partial charge in [-0.2, -0.15) is 5.10 Å². The van der Waals surface area contributed by atoms with Gasteiger partial charge in [0.25, 0.3) is 5.91 Å². The Morgan fingerprint density at radius 1 is 1.38 bits per heavy atom. The van der Waals surface area contributed by atoms with Gasteiger partial charge in [-0.05, 0) is 75.3 Å². The average Bonchev–Trinajstić information content (AvgIpc) is 2.61. The van der Waals surface area contributed by atoms with E-state index in [0.29, 0.717) is 28.1 Å². The second kappa shape index (κ2) is 10.2. The lowest BCUT2D eigenvalue weighted by molar-refractivity contribution is 0.0954. The van der Waals surface area contributed by atoms with Gasteiger partial charge in [0.1, 0.15) is 6.61 Å². The molecule has 0 spiro atoms. The van der Waals surface area contributed by atoms with Crippen molar-refractivity contribution in [3.05, 3.63) is 55.6 Å². The smallest absolute Gasteiger partial charge is 0.272 e. The summed E-state index contributed by atoms with van der Waals surface area (Å²) in [5.74, 6) is 3.31. The number of halogens is 2. The van der Waals surface area contributed by atoms with E-state index in [-0.39, 0.29) is 12.5 Å². The number of nitrogens with zero attached hydrogens (tertiary/aromatic N) is 1. The first-order chi connectivity index (χ1) is 12.6. The fourth-order valence-electron chi connectivity index (χ4n) is 2.05. The fourth-order valence-corrected chi connectivity index (χ4v) is 3.30. The summed E-state index contributed by atoms with van der Waals surface area (Å²) in [6, 6.07) is 10.8. The van der Waals surface area contributed by atoms with E-state index >= 15 is 0 Å². The maximum atomic E-state index is 12.1. The van der Waals surface area contributed by atoms with Crippen molar-refractivity contribution in [2.45, 2.75) is 6.92 Å². The van der Waals surface area contributed by atoms with Gasteiger partial charge in [-0.25, -0.2) is 5.43 Å². The van der Waals surface area contributed by atoms with Gasteiger partial charge in [0.15, 0.2) is 11.5 Å². The molecule has 0 heterocycles. The van der Waals surface area contributed by atoms with Crippen LogP contribution in [0.25, 0.3) is 0 Å². The molecule has 0 atom stereocenters. The minimum absolute atomic E-state index is 0.158. The van der Waals surface area contributed by atoms with E-state index in [4.69, 9.17) is 15.9 Å². The Morgan fingerprint density at radius 3 is 2.85 bits per heavy atom. The van der Waals surface area contributed by atoms with Crippen LogP contribution in [0.4, 0.5) is 0 Å². The molecule has 0 saturated carbocycles. The highest BCUT2D eigenvalue weighted by Gasteiger charge is 2.12. The predicted octanol–water partition coefficient (Wildman–Crippen LogP) is 4.23. The number of carbonyl (C=O) groups excluding carboxylic acids is 1. The topological polar surface area (TPSA) is 59.9 Å². The Balaban J connectivity index is 2.16. The number of rotatable bonds is 7. The number of benzene rings is 2. The number of nitrogens with one attached hydrogen (secondary N) is 1. The third-order valence-electron chi connectivity index (χ3n) is 3.13. The summed E-state index contributed by atoms with van der Waals surface area (Å²) in [5.41, 5.74) is 3.78. The van der Waals surface area contributed by atoms with Crippen molar-refractivity contribution in [3.8, 4) is 23.8 Å². The molecule has 0 unspecified atom stereocenters. The van der Waals surface area contributed by atoms with E-state index in [1.165, 1.54) is 0 Å². The van der Waals surface area contributed by atoms with Crippen LogP contribution in [0, 0.1) is 15.9 Å². The average molecular weight is 527 g/mol. The number of hydrogen-bond acceptors (Lipinski definition) is 4. The molecule has 134 valence electrons. The molecule has 0 aliphatic carbocycles. The van der Waals surface area contributed by atoms with Crippen LogP contribution in [0.5, 0.6) is 11.5 Å². The lowest BCUT2D eigenvalue weighted by atomic mass is 10.2. The van der Waals surface area contributed by atoms with E-state index < -0.39 is 0 Å². The first-order valence-electron chi connectivity index (χ1n) is 7.67. The molecule has 0 aliphatic rings. The van der Waals surface area contributed by atoms with Gasteiger partial charge >= 0.3 is 0 Å². The molecule has 0 aliphatic heterocycles. The maximum absolute atomic E-state index is 12.1. The normalized spacial score (nSPS) is 10.4. The Kier molecular flexibility index (Phi) is 7.94. The monoisotopic (exact) mass is 526 g/mol. The molecule has 2 rings (SSSR count). The lowest BCUT2D eigenvalue weighted by Gasteiger charge is -2.13. The number of amides is 1. The molecule has 0 bridgehead atoms. The molecule has 2 aromatic rings. The van der Waals surface area contributed by atoms with Crippen LogP contribution in [0.1, 0.15) is 22.8 Å². The third kappa shape index (κ3) is 5.47. The minimum Gasteiger partial charge on any atom is -0.490 e. The first-order valence-corrected chi connectivity index (χ1v) is 9.54. The predicted molar refractivity (Wildman–Crippen MR) is 114 cm³/mol. The van der Waals surface area contributed by atoms with Gasteiger partial charge in [0.2, 0.25) is 0 Å². The molecular weight excluding hydrogens is 511 g/mol. The zero-order chi connectivity index (χ0) is 18.9. The Labute approximate surface area is 174 Å². The Morgan fingerprint density at radius 2 is 2.15 bits per heavy atom. The number of carbonyl (C=O) groups is 1. The summed E-state index contributed by atoms with van der Waals surface area (Å²) >= 11 is 5.48. The van der Waals surface area contributed by atoms with Crippen molar-refractivity contribution in [1.82, 2.24) is 5.43 Å². The van der Waals surface area contributed by atoms with Gasteiger partial charge in [-0.3, -0.25) is 4.79 Å². The second-order valence-electron chi connectivity index (χ2n) is 4.93. The highest BCUT2D eigenvalue weighted by Crippen LogP contribution is 2.33. The van der Waals surface area contributed by atoms with Crippen LogP contribution in [-0.2, 0) is 0 Å². The first kappa shape index (κ1) is 20.3. The second-order valence-corrected chi connectivity index (χ2v) is 6.95. The van der Waals surface area contributed by atoms with Crippen LogP contribution >= 0.6 is 38.5 Å². The van der Waals surface area contributed by atoms with Crippen molar-refractivity contribution >= 4 is 50.6 Å². The third-order valence-corrected chi connectivity index (χ3v) is 4.62. The standard InChI is InChI=1S/C19H16BrIN2O3/c1-3-9-26-18-16(21)10-13(11-17(18)25-4-2)12-22-23-19(24)14-7-5-6-8-15(14)20/h1,5-8,10-12H,4,9H2,2H3,(H,23,24)/b22-12-. The van der Waals surface area contributed by atoms with E-state index in [2.05, 4.69) is 55.0 Å². The van der Waals surface area contributed by atoms with E-state index in [0.717, 1.165) is 9.13 Å². The number of hydrogen-bond donors (Lipinski definition) is 1. The highest BCUT2D eigenvalue weighted by molar-refractivity contribution is 14.1. The van der Waals surface area contributed by atoms with Gasteiger partial charge < -0.3 is 9.47 Å². The van der Waals surface area contributed by atoms with Crippen molar-refractivity contribution in [3.63, 3.8) is 0 Å². The lowest BCUT2D eigenvalue weighted by Crippen LogP contribution is -2.18. The molecule has 0 fully saturated rings. The fraction of sp³-hybridized carbons (Fsp3) is 0.158. The van der Waals surface area contributed by atoms with E-state index in [1.54, 1.807) is 30.5 Å². The zero-order valence-corrected chi connectivity index (χ0v) is 17.7. The van der Waals surface area contributed by atoms with Gasteiger partial charge in [-0.1, -0.05) is 18.1 Å². The van der Waals surface area contributed by atoms with Crippen LogP contribution < -0.4 is 14.9 Å². The zero-order valence-electron chi connectivity index (χ0n) is 14.0. The molecule has 7 heteroatoms. The molecular formula is C19H16BrIN2O3. The molecule has 5 nitrogen and oxygen atoms in total. The van der Waals surface area contributed by atoms with Gasteiger partial charge in [-0.15, -0.1) is 6.42 Å². The molecule has 2 aromatic carbocycles. The van der Waals surface area contributed by atoms with Crippen LogP contribution in [-0.4, -0.2) is 25.3 Å². The van der Waals surface area contributed by atoms with Crippen molar-refractivity contribution in [1.29, 1.82) is 0 Å². The maximum Gasteiger partial charge on any atom is 0.272 e. The molecule has 0 radical (unpaired) electrons. The van der Waals surface area contributed by atoms with Crippen molar-refractivity contribution in [2.24, 2.45) is 5.10 Å². The van der Waals surface area contributed by atoms with E-state index in [9.17, 15) is 4.79 Å². The molecule has 0 saturated heterocycles. The summed E-state index contributed by atoms with van der Waals surface area (Å²) < 4.78 is 12.7. The molecule has 0 aromatic heterocycles. The SMILES string of the molecule is C#CCOc1c(I)cc(/C=N\NC(=O)c2ccccc2Br)cc1OCC. The Bertz CT molecular complexity index is 862. The molecule has 1 N–H and O–H groups in total. The minimum atomic E-state index is -0.303. The number of hydrazone groups is 1. The largest absolute Gasteiger partial charge is 0.490 e. The Hall–Kier alpha value is -2.05. The molecule has 1 amide bonds. The summed E-state index contributed by atoms with van der Waals surface area (Å²) in [6.45, 7) is 2.53. The summed E-state index contributed by atoms with van der Waals surface area (Å²) in [6.07, 6.45) is 6.80. The summed E-state index contributed by atoms with van der Waals surface area (Å²) in [4.78, 5) is 12.1. The van der Waals surface area contributed by atoms with Gasteiger partial charge in [0.05, 0.1) is 22.0 Å². The quantitative estimate of drug-likeness (QED) is 0.254.